The largest absolute Gasteiger partial charge is 0.416 e. The molecule has 4 heteroatoms. The molecular weight excluding hydrogens is 260 g/mol. The summed E-state index contributed by atoms with van der Waals surface area (Å²) in [6.45, 7) is 2.01. The van der Waals surface area contributed by atoms with Crippen molar-refractivity contribution in [3.05, 3.63) is 59.1 Å². The Bertz CT molecular complexity index is 661. The zero-order valence-electron chi connectivity index (χ0n) is 10.3. The van der Waals surface area contributed by atoms with Gasteiger partial charge >= 0.3 is 0 Å². The minimum Gasteiger partial charge on any atom is -0.416 e. The van der Waals surface area contributed by atoms with E-state index in [0.717, 1.165) is 16.7 Å². The van der Waals surface area contributed by atoms with E-state index in [0.29, 0.717) is 16.8 Å². The molecule has 0 aliphatic rings. The number of rotatable bonds is 2. The summed E-state index contributed by atoms with van der Waals surface area (Å²) in [4.78, 5) is 0. The second-order valence-electron chi connectivity index (χ2n) is 4.21. The van der Waals surface area contributed by atoms with Crippen LogP contribution in [0.5, 0.6) is 0 Å². The first-order valence-electron chi connectivity index (χ1n) is 5.90. The molecule has 0 fully saturated rings. The maximum atomic E-state index is 6.12. The first-order valence-corrected chi connectivity index (χ1v) is 6.28. The third-order valence-corrected chi connectivity index (χ3v) is 3.23. The fourth-order valence-corrected chi connectivity index (χ4v) is 2.10. The standard InChI is InChI=1S/C15H11ClN2O/c1-10-6-2-3-7-11(10)14-17-18-15(19-14)12-8-4-5-9-13(12)16/h2-9H,1H3. The van der Waals surface area contributed by atoms with Gasteiger partial charge in [-0.3, -0.25) is 0 Å². The Morgan fingerprint density at radius 3 is 2.11 bits per heavy atom. The highest BCUT2D eigenvalue weighted by molar-refractivity contribution is 6.33. The zero-order chi connectivity index (χ0) is 13.2. The first-order chi connectivity index (χ1) is 9.25. The van der Waals surface area contributed by atoms with Crippen molar-refractivity contribution in [1.82, 2.24) is 10.2 Å². The van der Waals surface area contributed by atoms with Crippen LogP contribution in [0.25, 0.3) is 22.9 Å². The van der Waals surface area contributed by atoms with Crippen molar-refractivity contribution < 1.29 is 4.42 Å². The molecular formula is C15H11ClN2O. The molecule has 0 saturated heterocycles. The highest BCUT2D eigenvalue weighted by Gasteiger charge is 2.13. The lowest BCUT2D eigenvalue weighted by Crippen LogP contribution is -1.81. The maximum absolute atomic E-state index is 6.12. The summed E-state index contributed by atoms with van der Waals surface area (Å²) in [6.07, 6.45) is 0. The quantitative estimate of drug-likeness (QED) is 0.694. The van der Waals surface area contributed by atoms with Crippen LogP contribution in [-0.2, 0) is 0 Å². The van der Waals surface area contributed by atoms with Gasteiger partial charge in [0.1, 0.15) is 0 Å². The van der Waals surface area contributed by atoms with Gasteiger partial charge in [0.05, 0.1) is 10.6 Å². The molecule has 0 saturated carbocycles. The first kappa shape index (κ1) is 11.9. The normalized spacial score (nSPS) is 10.6. The van der Waals surface area contributed by atoms with E-state index in [1.54, 1.807) is 6.07 Å². The van der Waals surface area contributed by atoms with Crippen LogP contribution in [0.15, 0.2) is 52.9 Å². The zero-order valence-corrected chi connectivity index (χ0v) is 11.1. The van der Waals surface area contributed by atoms with Gasteiger partial charge in [-0.1, -0.05) is 41.9 Å². The molecule has 0 aliphatic heterocycles. The molecule has 2 aromatic carbocycles. The van der Waals surface area contributed by atoms with Crippen LogP contribution in [0.1, 0.15) is 5.56 Å². The summed E-state index contributed by atoms with van der Waals surface area (Å²) in [5.41, 5.74) is 2.78. The van der Waals surface area contributed by atoms with Crippen molar-refractivity contribution in [1.29, 1.82) is 0 Å². The second-order valence-corrected chi connectivity index (χ2v) is 4.61. The number of aryl methyl sites for hydroxylation is 1. The number of hydrogen-bond donors (Lipinski definition) is 0. The van der Waals surface area contributed by atoms with Gasteiger partial charge in [-0.2, -0.15) is 0 Å². The Labute approximate surface area is 115 Å². The molecule has 0 unspecified atom stereocenters. The lowest BCUT2D eigenvalue weighted by molar-refractivity contribution is 0.584. The second kappa shape index (κ2) is 4.86. The average molecular weight is 271 g/mol. The number of aromatic nitrogens is 2. The van der Waals surface area contributed by atoms with Gasteiger partial charge < -0.3 is 4.42 Å². The lowest BCUT2D eigenvalue weighted by atomic mass is 10.1. The van der Waals surface area contributed by atoms with Crippen LogP contribution in [0, 0.1) is 6.92 Å². The Kier molecular flexibility index (Phi) is 3.05. The molecule has 0 N–H and O–H groups in total. The SMILES string of the molecule is Cc1ccccc1-c1nnc(-c2ccccc2Cl)o1. The van der Waals surface area contributed by atoms with Crippen molar-refractivity contribution in [2.45, 2.75) is 6.92 Å². The molecule has 3 rings (SSSR count). The number of nitrogens with zero attached hydrogens (tertiary/aromatic N) is 2. The van der Waals surface area contributed by atoms with Gasteiger partial charge in [0.25, 0.3) is 0 Å². The van der Waals surface area contributed by atoms with Crippen LogP contribution in [0.3, 0.4) is 0 Å². The van der Waals surface area contributed by atoms with E-state index in [1.807, 2.05) is 49.4 Å². The molecule has 3 aromatic rings. The van der Waals surface area contributed by atoms with Gasteiger partial charge in [-0.25, -0.2) is 0 Å². The Morgan fingerprint density at radius 1 is 0.842 bits per heavy atom. The van der Waals surface area contributed by atoms with E-state index < -0.39 is 0 Å². The lowest BCUT2D eigenvalue weighted by Gasteiger charge is -1.99. The highest BCUT2D eigenvalue weighted by Crippen LogP contribution is 2.29. The molecule has 0 aliphatic carbocycles. The molecule has 0 atom stereocenters. The van der Waals surface area contributed by atoms with E-state index in [4.69, 9.17) is 16.0 Å². The molecule has 0 spiro atoms. The summed E-state index contributed by atoms with van der Waals surface area (Å²) < 4.78 is 5.71. The summed E-state index contributed by atoms with van der Waals surface area (Å²) >= 11 is 6.12. The van der Waals surface area contributed by atoms with Crippen molar-refractivity contribution in [2.24, 2.45) is 0 Å². The monoisotopic (exact) mass is 270 g/mol. The topological polar surface area (TPSA) is 38.9 Å². The number of hydrogen-bond acceptors (Lipinski definition) is 3. The summed E-state index contributed by atoms with van der Waals surface area (Å²) in [5, 5.41) is 8.75. The predicted molar refractivity (Wildman–Crippen MR) is 74.9 cm³/mol. The Morgan fingerprint density at radius 2 is 1.42 bits per heavy atom. The molecule has 1 heterocycles. The highest BCUT2D eigenvalue weighted by atomic mass is 35.5. The van der Waals surface area contributed by atoms with Gasteiger partial charge in [0.2, 0.25) is 11.8 Å². The minimum atomic E-state index is 0.434. The summed E-state index contributed by atoms with van der Waals surface area (Å²) in [5.74, 6) is 0.942. The minimum absolute atomic E-state index is 0.434. The van der Waals surface area contributed by atoms with Crippen LogP contribution < -0.4 is 0 Å². The predicted octanol–water partition coefficient (Wildman–Crippen LogP) is 4.37. The molecule has 0 amide bonds. The molecule has 0 radical (unpaired) electrons. The number of halogens is 1. The van der Waals surface area contributed by atoms with Gasteiger partial charge in [0.15, 0.2) is 0 Å². The van der Waals surface area contributed by atoms with Crippen molar-refractivity contribution in [3.8, 4) is 22.9 Å². The van der Waals surface area contributed by atoms with Crippen LogP contribution in [-0.4, -0.2) is 10.2 Å². The Balaban J connectivity index is 2.06. The Hall–Kier alpha value is -2.13. The maximum Gasteiger partial charge on any atom is 0.249 e. The third kappa shape index (κ3) is 2.25. The molecule has 19 heavy (non-hydrogen) atoms. The van der Waals surface area contributed by atoms with Crippen LogP contribution in [0.4, 0.5) is 0 Å². The summed E-state index contributed by atoms with van der Waals surface area (Å²) in [7, 11) is 0. The molecule has 94 valence electrons. The van der Waals surface area contributed by atoms with E-state index in [-0.39, 0.29) is 0 Å². The summed E-state index contributed by atoms with van der Waals surface area (Å²) in [6, 6.07) is 15.3. The fraction of sp³-hybridized carbons (Fsp3) is 0.0667. The van der Waals surface area contributed by atoms with E-state index >= 15 is 0 Å². The van der Waals surface area contributed by atoms with E-state index in [2.05, 4.69) is 10.2 Å². The van der Waals surface area contributed by atoms with Gasteiger partial charge in [-0.05, 0) is 30.7 Å². The average Bonchev–Trinajstić information content (AvgIpc) is 2.89. The molecule has 1 aromatic heterocycles. The van der Waals surface area contributed by atoms with E-state index in [1.165, 1.54) is 0 Å². The van der Waals surface area contributed by atoms with E-state index in [9.17, 15) is 0 Å². The molecule has 3 nitrogen and oxygen atoms in total. The fourth-order valence-electron chi connectivity index (χ4n) is 1.89. The van der Waals surface area contributed by atoms with Crippen molar-refractivity contribution in [2.75, 3.05) is 0 Å². The van der Waals surface area contributed by atoms with Crippen molar-refractivity contribution in [3.63, 3.8) is 0 Å². The van der Waals surface area contributed by atoms with Crippen LogP contribution >= 0.6 is 11.6 Å². The van der Waals surface area contributed by atoms with Crippen LogP contribution in [0.2, 0.25) is 5.02 Å². The van der Waals surface area contributed by atoms with Gasteiger partial charge in [-0.15, -0.1) is 10.2 Å². The smallest absolute Gasteiger partial charge is 0.249 e. The molecule has 0 bridgehead atoms. The number of benzene rings is 2. The van der Waals surface area contributed by atoms with Crippen molar-refractivity contribution >= 4 is 11.6 Å². The third-order valence-electron chi connectivity index (χ3n) is 2.90. The van der Waals surface area contributed by atoms with Gasteiger partial charge in [0, 0.05) is 5.56 Å².